The van der Waals surface area contributed by atoms with Gasteiger partial charge in [-0.05, 0) is 68.0 Å². The summed E-state index contributed by atoms with van der Waals surface area (Å²) in [5, 5.41) is 0. The van der Waals surface area contributed by atoms with Gasteiger partial charge in [-0.25, -0.2) is 0 Å². The lowest BCUT2D eigenvalue weighted by molar-refractivity contribution is 0.403. The minimum absolute atomic E-state index is 0.0667. The number of rotatable bonds is 6. The van der Waals surface area contributed by atoms with E-state index in [1.165, 1.54) is 16.8 Å². The van der Waals surface area contributed by atoms with Crippen LogP contribution in [0.15, 0.2) is 53.5 Å². The first-order chi connectivity index (χ1) is 11.6. The van der Waals surface area contributed by atoms with Gasteiger partial charge in [0.15, 0.2) is 0 Å². The number of hydrogen-bond donors (Lipinski definition) is 0. The molecule has 1 aliphatic rings. The zero-order valence-electron chi connectivity index (χ0n) is 14.7. The van der Waals surface area contributed by atoms with Crippen LogP contribution in [0.4, 0.5) is 0 Å². The Morgan fingerprint density at radius 1 is 0.917 bits per heavy atom. The van der Waals surface area contributed by atoms with Crippen molar-refractivity contribution in [2.45, 2.75) is 38.1 Å². The first kappa shape index (κ1) is 16.6. The Morgan fingerprint density at radius 2 is 1.46 bits per heavy atom. The van der Waals surface area contributed by atoms with Gasteiger partial charge in [0, 0.05) is 5.71 Å². The average Bonchev–Trinajstić information content (AvgIpc) is 2.95. The van der Waals surface area contributed by atoms with Crippen LogP contribution in [0.3, 0.4) is 0 Å². The average molecular weight is 323 g/mol. The molecule has 3 nitrogen and oxygen atoms in total. The first-order valence-corrected chi connectivity index (χ1v) is 8.44. The monoisotopic (exact) mass is 323 g/mol. The van der Waals surface area contributed by atoms with Crippen molar-refractivity contribution in [1.29, 1.82) is 0 Å². The quantitative estimate of drug-likeness (QED) is 0.784. The summed E-state index contributed by atoms with van der Waals surface area (Å²) >= 11 is 0. The Kier molecular flexibility index (Phi) is 4.89. The fourth-order valence-corrected chi connectivity index (χ4v) is 3.57. The van der Waals surface area contributed by atoms with Gasteiger partial charge in [0.2, 0.25) is 0 Å². The topological polar surface area (TPSA) is 30.8 Å². The predicted octanol–water partition coefficient (Wildman–Crippen LogP) is 4.48. The van der Waals surface area contributed by atoms with Gasteiger partial charge in [0.05, 0.1) is 19.8 Å². The summed E-state index contributed by atoms with van der Waals surface area (Å²) in [5.74, 6) is 1.81. The highest BCUT2D eigenvalue weighted by molar-refractivity contribution is 5.84. The number of methoxy groups -OCH3 is 2. The number of nitrogens with zero attached hydrogens (tertiary/aromatic N) is 1. The van der Waals surface area contributed by atoms with E-state index in [0.29, 0.717) is 0 Å². The van der Waals surface area contributed by atoms with Crippen molar-refractivity contribution in [3.63, 3.8) is 0 Å². The third-order valence-electron chi connectivity index (χ3n) is 4.71. The molecule has 3 rings (SSSR count). The first-order valence-electron chi connectivity index (χ1n) is 8.44. The molecule has 24 heavy (non-hydrogen) atoms. The Labute approximate surface area is 144 Å². The molecule has 0 saturated heterocycles. The van der Waals surface area contributed by atoms with Crippen LogP contribution in [0.5, 0.6) is 11.5 Å². The molecule has 2 aromatic carbocycles. The molecule has 0 bridgehead atoms. The molecule has 126 valence electrons. The van der Waals surface area contributed by atoms with Gasteiger partial charge in [-0.2, -0.15) is 0 Å². The van der Waals surface area contributed by atoms with Crippen LogP contribution in [0.2, 0.25) is 0 Å². The Balaban J connectivity index is 1.87. The summed E-state index contributed by atoms with van der Waals surface area (Å²) in [5.41, 5.74) is 3.73. The molecule has 0 saturated carbocycles. The third-order valence-corrected chi connectivity index (χ3v) is 4.71. The summed E-state index contributed by atoms with van der Waals surface area (Å²) in [6, 6.07) is 16.7. The molecule has 0 radical (unpaired) electrons. The van der Waals surface area contributed by atoms with Gasteiger partial charge < -0.3 is 9.47 Å². The van der Waals surface area contributed by atoms with Gasteiger partial charge in [-0.15, -0.1) is 0 Å². The zero-order valence-corrected chi connectivity index (χ0v) is 14.7. The van der Waals surface area contributed by atoms with E-state index in [9.17, 15) is 0 Å². The molecule has 0 N–H and O–H groups in total. The molecule has 0 unspecified atom stereocenters. The second-order valence-corrected chi connectivity index (χ2v) is 6.63. The van der Waals surface area contributed by atoms with Gasteiger partial charge in [0.25, 0.3) is 0 Å². The van der Waals surface area contributed by atoms with Crippen LogP contribution in [-0.2, 0) is 12.8 Å². The van der Waals surface area contributed by atoms with Crippen LogP contribution in [-0.4, -0.2) is 25.5 Å². The lowest BCUT2D eigenvalue weighted by Gasteiger charge is -2.27. The highest BCUT2D eigenvalue weighted by Gasteiger charge is 2.34. The van der Waals surface area contributed by atoms with Crippen LogP contribution < -0.4 is 9.47 Å². The minimum atomic E-state index is -0.0667. The van der Waals surface area contributed by atoms with E-state index in [1.54, 1.807) is 14.2 Å². The van der Waals surface area contributed by atoms with Crippen LogP contribution in [0.1, 0.15) is 30.9 Å². The number of hydrogen-bond acceptors (Lipinski definition) is 3. The van der Waals surface area contributed by atoms with Gasteiger partial charge in [-0.3, -0.25) is 4.99 Å². The smallest absolute Gasteiger partial charge is 0.119 e. The van der Waals surface area contributed by atoms with Crippen molar-refractivity contribution in [2.75, 3.05) is 14.2 Å². The second kappa shape index (κ2) is 7.08. The van der Waals surface area contributed by atoms with E-state index in [-0.39, 0.29) is 5.54 Å². The maximum atomic E-state index is 5.37. The number of benzene rings is 2. The van der Waals surface area contributed by atoms with Crippen molar-refractivity contribution in [1.82, 2.24) is 0 Å². The van der Waals surface area contributed by atoms with Crippen molar-refractivity contribution >= 4 is 5.71 Å². The fourth-order valence-electron chi connectivity index (χ4n) is 3.57. The minimum Gasteiger partial charge on any atom is -0.497 e. The molecule has 3 heteroatoms. The fraction of sp³-hybridized carbons (Fsp3) is 0.381. The molecule has 0 fully saturated rings. The summed E-state index contributed by atoms with van der Waals surface area (Å²) in [4.78, 5) is 5.06. The predicted molar refractivity (Wildman–Crippen MR) is 98.5 cm³/mol. The van der Waals surface area contributed by atoms with Crippen molar-refractivity contribution in [2.24, 2.45) is 4.99 Å². The van der Waals surface area contributed by atoms with E-state index in [0.717, 1.165) is 37.2 Å². The van der Waals surface area contributed by atoms with E-state index >= 15 is 0 Å². The lowest BCUT2D eigenvalue weighted by Crippen LogP contribution is -2.29. The van der Waals surface area contributed by atoms with Gasteiger partial charge >= 0.3 is 0 Å². The SMILES string of the molecule is COc1cccc(CC2(Cc3cccc(OC)c3)CCC(C)=N2)c1. The molecule has 0 spiro atoms. The van der Waals surface area contributed by atoms with Gasteiger partial charge in [-0.1, -0.05) is 24.3 Å². The molecule has 0 aromatic heterocycles. The van der Waals surface area contributed by atoms with Gasteiger partial charge in [0.1, 0.15) is 11.5 Å². The molecule has 1 aliphatic heterocycles. The van der Waals surface area contributed by atoms with Crippen LogP contribution >= 0.6 is 0 Å². The number of aliphatic imine (C=N–C) groups is 1. The lowest BCUT2D eigenvalue weighted by atomic mass is 9.83. The second-order valence-electron chi connectivity index (χ2n) is 6.63. The molecule has 0 atom stereocenters. The molecular formula is C21H25NO2. The van der Waals surface area contributed by atoms with Crippen LogP contribution in [0, 0.1) is 0 Å². The molecule has 2 aromatic rings. The summed E-state index contributed by atoms with van der Waals surface area (Å²) in [6.07, 6.45) is 4.03. The number of ether oxygens (including phenoxy) is 2. The maximum absolute atomic E-state index is 5.37. The Bertz CT molecular complexity index is 687. The molecule has 0 aliphatic carbocycles. The largest absolute Gasteiger partial charge is 0.497 e. The van der Waals surface area contributed by atoms with E-state index in [4.69, 9.17) is 14.5 Å². The molecular weight excluding hydrogens is 298 g/mol. The summed E-state index contributed by atoms with van der Waals surface area (Å²) in [6.45, 7) is 2.14. The molecule has 0 amide bonds. The van der Waals surface area contributed by atoms with Crippen molar-refractivity contribution in [3.8, 4) is 11.5 Å². The molecule has 1 heterocycles. The Morgan fingerprint density at radius 3 is 1.88 bits per heavy atom. The van der Waals surface area contributed by atoms with E-state index in [1.807, 2.05) is 12.1 Å². The van der Waals surface area contributed by atoms with Crippen molar-refractivity contribution in [3.05, 3.63) is 59.7 Å². The van der Waals surface area contributed by atoms with E-state index < -0.39 is 0 Å². The zero-order chi connectivity index (χ0) is 17.0. The summed E-state index contributed by atoms with van der Waals surface area (Å²) < 4.78 is 10.7. The van der Waals surface area contributed by atoms with Crippen molar-refractivity contribution < 1.29 is 9.47 Å². The summed E-state index contributed by atoms with van der Waals surface area (Å²) in [7, 11) is 3.42. The van der Waals surface area contributed by atoms with Crippen LogP contribution in [0.25, 0.3) is 0 Å². The normalized spacial score (nSPS) is 15.9. The van der Waals surface area contributed by atoms with E-state index in [2.05, 4.69) is 43.3 Å². The highest BCUT2D eigenvalue weighted by Crippen LogP contribution is 2.34. The maximum Gasteiger partial charge on any atom is 0.119 e. The Hall–Kier alpha value is -2.29. The highest BCUT2D eigenvalue weighted by atomic mass is 16.5. The standard InChI is InChI=1S/C21H25NO2/c1-16-10-11-21(22-16,14-17-6-4-8-19(12-17)23-2)15-18-7-5-9-20(13-18)24-3/h4-9,12-13H,10-11,14-15H2,1-3H3. The third kappa shape index (κ3) is 3.78.